The van der Waals surface area contributed by atoms with Crippen molar-refractivity contribution in [3.8, 4) is 11.5 Å². The molecule has 0 saturated carbocycles. The van der Waals surface area contributed by atoms with Crippen LogP contribution in [-0.2, 0) is 19.4 Å². The molecule has 0 aliphatic carbocycles. The lowest BCUT2D eigenvalue weighted by atomic mass is 9.93. The highest BCUT2D eigenvalue weighted by Gasteiger charge is 2.45. The van der Waals surface area contributed by atoms with Crippen molar-refractivity contribution in [3.63, 3.8) is 0 Å². The minimum Gasteiger partial charge on any atom is -0.493 e. The molecule has 1 saturated heterocycles. The minimum absolute atomic E-state index is 0.00922. The van der Waals surface area contributed by atoms with Crippen LogP contribution >= 0.6 is 0 Å². The molecule has 5 rings (SSSR count). The molecule has 0 radical (unpaired) electrons. The molecule has 11 nitrogen and oxygen atoms in total. The fourth-order valence-electron chi connectivity index (χ4n) is 5.89. The van der Waals surface area contributed by atoms with Crippen LogP contribution in [0.3, 0.4) is 0 Å². The Hall–Kier alpha value is -4.91. The van der Waals surface area contributed by atoms with Gasteiger partial charge >= 0.3 is 5.97 Å². The summed E-state index contributed by atoms with van der Waals surface area (Å²) in [6.07, 6.45) is 1.69. The predicted octanol–water partition coefficient (Wildman–Crippen LogP) is 4.80. The number of carbonyl (C=O) groups excluding carboxylic acids is 1. The van der Waals surface area contributed by atoms with Crippen LogP contribution < -0.4 is 20.5 Å². The van der Waals surface area contributed by atoms with Crippen molar-refractivity contribution < 1.29 is 37.0 Å². The number of aliphatic carboxylic acids is 1. The maximum Gasteiger partial charge on any atom is 0.309 e. The number of hydrogen-bond donors (Lipinski definition) is 3. The van der Waals surface area contributed by atoms with E-state index in [0.29, 0.717) is 22.8 Å². The van der Waals surface area contributed by atoms with Gasteiger partial charge in [-0.05, 0) is 65.4 Å². The number of carboxylic acids is 1. The highest BCUT2D eigenvalue weighted by atomic mass is 32.2. The summed E-state index contributed by atoms with van der Waals surface area (Å²) in [5.41, 5.74) is 7.27. The molecule has 1 aromatic heterocycles. The topological polar surface area (TPSA) is 161 Å². The number of nitrogen functional groups attached to an aromatic ring is 1. The predicted molar refractivity (Wildman–Crippen MR) is 171 cm³/mol. The fraction of sp³-hybridized carbons (Fsp3) is 0.303. The zero-order chi connectivity index (χ0) is 33.0. The molecule has 1 aliphatic heterocycles. The Bertz CT molecular complexity index is 1870. The quantitative estimate of drug-likeness (QED) is 0.194. The lowest BCUT2D eigenvalue weighted by Gasteiger charge is -2.32. The fourth-order valence-corrected chi connectivity index (χ4v) is 7.04. The number of amides is 1. The maximum atomic E-state index is 14.7. The summed E-state index contributed by atoms with van der Waals surface area (Å²) in [5.74, 6) is -1.97. The number of benzene rings is 3. The number of likely N-dealkylation sites (tertiary alicyclic amines) is 1. The molecule has 3 atom stereocenters. The first kappa shape index (κ1) is 32.5. The number of nitrogens with one attached hydrogen (secondary N) is 1. The molecule has 0 bridgehead atoms. The number of pyridine rings is 1. The van der Waals surface area contributed by atoms with Gasteiger partial charge in [0.25, 0.3) is 0 Å². The second-order valence-electron chi connectivity index (χ2n) is 10.8. The van der Waals surface area contributed by atoms with Gasteiger partial charge in [-0.2, -0.15) is 0 Å². The number of carboxylic acid groups (broad SMARTS) is 1. The van der Waals surface area contributed by atoms with Crippen molar-refractivity contribution in [2.75, 3.05) is 43.7 Å². The molecule has 0 spiro atoms. The van der Waals surface area contributed by atoms with Gasteiger partial charge in [0, 0.05) is 23.8 Å². The average Bonchev–Trinajstić information content (AvgIpc) is 3.51. The Balaban J connectivity index is 1.63. The third-order valence-electron chi connectivity index (χ3n) is 8.16. The zero-order valence-corrected chi connectivity index (χ0v) is 26.2. The number of alkyl halides is 1. The molecule has 13 heteroatoms. The second-order valence-corrected chi connectivity index (χ2v) is 13.1. The number of ether oxygens (including phenoxy) is 2. The summed E-state index contributed by atoms with van der Waals surface area (Å²) < 4.78 is 50.2. The van der Waals surface area contributed by atoms with E-state index in [1.165, 1.54) is 25.0 Å². The number of rotatable bonds is 12. The summed E-state index contributed by atoms with van der Waals surface area (Å²) in [5, 5.41) is 15.0. The van der Waals surface area contributed by atoms with Gasteiger partial charge in [-0.25, -0.2) is 17.8 Å². The molecule has 4 aromatic rings. The molecule has 242 valence electrons. The Morgan fingerprint density at radius 3 is 2.63 bits per heavy atom. The normalized spacial score (nSPS) is 17.1. The van der Waals surface area contributed by atoms with E-state index in [0.717, 1.165) is 10.8 Å². The standard InChI is InChI=1S/C33H35FN4O7S/c1-3-46(42,43)28-7-5-4-6-24(28)30-25(33(40)41)13-16-38(30)32(39)29(21-8-11-26(44-2)27(19-21)45-17-14-34)37-22-9-10-23-20(18-22)12-15-36-31(23)35/h4-12,15,18-19,25,29-30,37H,3,13-14,16-17H2,1-2H3,(H2,35,36)(H,40,41). The van der Waals surface area contributed by atoms with Crippen molar-refractivity contribution in [2.45, 2.75) is 30.3 Å². The van der Waals surface area contributed by atoms with Gasteiger partial charge in [0.15, 0.2) is 21.3 Å². The largest absolute Gasteiger partial charge is 0.493 e. The van der Waals surface area contributed by atoms with Gasteiger partial charge in [-0.15, -0.1) is 0 Å². The van der Waals surface area contributed by atoms with Crippen LogP contribution in [0.5, 0.6) is 11.5 Å². The van der Waals surface area contributed by atoms with Gasteiger partial charge in [0.05, 0.1) is 29.7 Å². The molecule has 46 heavy (non-hydrogen) atoms. The number of nitrogens with zero attached hydrogens (tertiary/aromatic N) is 2. The molecular formula is C33H35FN4O7S. The molecule has 1 amide bonds. The van der Waals surface area contributed by atoms with Crippen LogP contribution in [0.4, 0.5) is 15.9 Å². The summed E-state index contributed by atoms with van der Waals surface area (Å²) in [7, 11) is -2.31. The molecule has 1 aliphatic rings. The third-order valence-corrected chi connectivity index (χ3v) is 9.96. The van der Waals surface area contributed by atoms with E-state index in [1.807, 2.05) is 6.07 Å². The molecule has 4 N–H and O–H groups in total. The SMILES string of the molecule is CCS(=O)(=O)c1ccccc1C1C(C(=O)O)CCN1C(=O)C(Nc1ccc2c(N)nccc2c1)c1ccc(OC)c(OCCF)c1. The van der Waals surface area contributed by atoms with E-state index >= 15 is 0 Å². The third kappa shape index (κ3) is 6.41. The van der Waals surface area contributed by atoms with Crippen LogP contribution in [0.1, 0.15) is 36.6 Å². The van der Waals surface area contributed by atoms with Crippen LogP contribution in [0.25, 0.3) is 10.8 Å². The van der Waals surface area contributed by atoms with Gasteiger partial charge in [0.1, 0.15) is 25.1 Å². The number of anilines is 2. The number of carbonyl (C=O) groups is 2. The van der Waals surface area contributed by atoms with Crippen molar-refractivity contribution >= 4 is 44.0 Å². The van der Waals surface area contributed by atoms with Gasteiger partial charge in [-0.1, -0.05) is 31.2 Å². The Labute approximate surface area is 266 Å². The minimum atomic E-state index is -3.75. The van der Waals surface area contributed by atoms with Crippen molar-refractivity contribution in [1.82, 2.24) is 9.88 Å². The molecule has 2 heterocycles. The molecular weight excluding hydrogens is 615 g/mol. The van der Waals surface area contributed by atoms with E-state index < -0.39 is 46.4 Å². The first-order valence-electron chi connectivity index (χ1n) is 14.7. The number of methoxy groups -OCH3 is 1. The van der Waals surface area contributed by atoms with Gasteiger partial charge in [0.2, 0.25) is 5.91 Å². The zero-order valence-electron chi connectivity index (χ0n) is 25.4. The summed E-state index contributed by atoms with van der Waals surface area (Å²) in [6, 6.07) is 16.0. The number of hydrogen-bond acceptors (Lipinski definition) is 9. The van der Waals surface area contributed by atoms with E-state index in [1.54, 1.807) is 60.8 Å². The maximum absolute atomic E-state index is 14.7. The first-order valence-corrected chi connectivity index (χ1v) is 16.4. The second kappa shape index (κ2) is 13.6. The summed E-state index contributed by atoms with van der Waals surface area (Å²) >= 11 is 0. The lowest BCUT2D eigenvalue weighted by Crippen LogP contribution is -2.39. The van der Waals surface area contributed by atoms with Crippen molar-refractivity contribution in [2.24, 2.45) is 5.92 Å². The van der Waals surface area contributed by atoms with E-state index in [2.05, 4.69) is 10.3 Å². The molecule has 3 unspecified atom stereocenters. The summed E-state index contributed by atoms with van der Waals surface area (Å²) in [4.78, 5) is 32.7. The first-order chi connectivity index (χ1) is 22.1. The van der Waals surface area contributed by atoms with Crippen LogP contribution in [-0.4, -0.2) is 68.0 Å². The Kier molecular flexibility index (Phi) is 9.61. The highest BCUT2D eigenvalue weighted by Crippen LogP contribution is 2.43. The van der Waals surface area contributed by atoms with Gasteiger partial charge < -0.3 is 30.5 Å². The van der Waals surface area contributed by atoms with Crippen molar-refractivity contribution in [1.29, 1.82) is 0 Å². The van der Waals surface area contributed by atoms with Crippen LogP contribution in [0.2, 0.25) is 0 Å². The summed E-state index contributed by atoms with van der Waals surface area (Å²) in [6.45, 7) is 0.608. The molecule has 3 aromatic carbocycles. The smallest absolute Gasteiger partial charge is 0.309 e. The number of fused-ring (bicyclic) bond motifs is 1. The van der Waals surface area contributed by atoms with E-state index in [9.17, 15) is 27.5 Å². The van der Waals surface area contributed by atoms with Crippen LogP contribution in [0.15, 0.2) is 77.8 Å². The van der Waals surface area contributed by atoms with E-state index in [-0.39, 0.29) is 41.5 Å². The van der Waals surface area contributed by atoms with Crippen LogP contribution in [0, 0.1) is 5.92 Å². The number of sulfone groups is 1. The van der Waals surface area contributed by atoms with Crippen molar-refractivity contribution in [3.05, 3.63) is 84.1 Å². The van der Waals surface area contributed by atoms with E-state index in [4.69, 9.17) is 15.2 Å². The lowest BCUT2D eigenvalue weighted by molar-refractivity contribution is -0.143. The monoisotopic (exact) mass is 650 g/mol. The highest BCUT2D eigenvalue weighted by molar-refractivity contribution is 7.91. The number of aromatic nitrogens is 1. The average molecular weight is 651 g/mol. The number of nitrogens with two attached hydrogens (primary N) is 1. The number of halogens is 1. The Morgan fingerprint density at radius 1 is 1.13 bits per heavy atom. The molecule has 1 fully saturated rings. The Morgan fingerprint density at radius 2 is 1.91 bits per heavy atom. The van der Waals surface area contributed by atoms with Gasteiger partial charge in [-0.3, -0.25) is 9.59 Å².